The highest BCUT2D eigenvalue weighted by Crippen LogP contribution is 2.07. The molecule has 0 bridgehead atoms. The number of aliphatic hydroxyl groups is 1. The number of aromatic nitrogens is 2. The van der Waals surface area contributed by atoms with E-state index >= 15 is 0 Å². The summed E-state index contributed by atoms with van der Waals surface area (Å²) >= 11 is 3.24. The Labute approximate surface area is 101 Å². The molecule has 2 N–H and O–H groups in total. The lowest BCUT2D eigenvalue weighted by Gasteiger charge is -2.10. The molecule has 0 amide bonds. The largest absolute Gasteiger partial charge is 0.434 e. The topological polar surface area (TPSA) is 93.2 Å². The van der Waals surface area contributed by atoms with Crippen molar-refractivity contribution in [3.8, 4) is 0 Å². The Hall–Kier alpha value is -0.990. The molecule has 1 aromatic heterocycles. The molecule has 0 aliphatic rings. The third-order valence-electron chi connectivity index (χ3n) is 1.92. The van der Waals surface area contributed by atoms with Gasteiger partial charge in [-0.25, -0.2) is 4.57 Å². The van der Waals surface area contributed by atoms with Crippen LogP contribution in [0.15, 0.2) is 12.4 Å². The van der Waals surface area contributed by atoms with Crippen molar-refractivity contribution in [3.05, 3.63) is 22.5 Å². The van der Waals surface area contributed by atoms with Crippen molar-refractivity contribution in [2.45, 2.75) is 12.6 Å². The molecular weight excluding hydrogens is 280 g/mol. The van der Waals surface area contributed by atoms with Crippen LogP contribution in [0, 0.1) is 10.1 Å². The maximum Gasteiger partial charge on any atom is 0.434 e. The summed E-state index contributed by atoms with van der Waals surface area (Å²) in [6.07, 6.45) is 2.15. The van der Waals surface area contributed by atoms with Crippen LogP contribution in [0.2, 0.25) is 0 Å². The number of hydrogen-bond donors (Lipinski definition) is 2. The molecule has 0 fully saturated rings. The maximum absolute atomic E-state index is 10.5. The Bertz CT molecular complexity index is 344. The van der Waals surface area contributed by atoms with Gasteiger partial charge in [0.2, 0.25) is 0 Å². The molecule has 1 atom stereocenters. The lowest BCUT2D eigenvalue weighted by Crippen LogP contribution is -2.31. The second kappa shape index (κ2) is 6.56. The first kappa shape index (κ1) is 13.1. The average Bonchev–Trinajstić information content (AvgIpc) is 2.66. The SMILES string of the molecule is O=[N+]([O-])c1nccn1C[C@@H](O)CNCCBr. The van der Waals surface area contributed by atoms with Crippen molar-refractivity contribution >= 4 is 21.9 Å². The molecule has 0 aromatic carbocycles. The second-order valence-electron chi connectivity index (χ2n) is 3.18. The van der Waals surface area contributed by atoms with Crippen molar-refractivity contribution in [1.82, 2.24) is 14.9 Å². The molecule has 7 nitrogen and oxygen atoms in total. The van der Waals surface area contributed by atoms with Gasteiger partial charge in [-0.15, -0.1) is 0 Å². The second-order valence-corrected chi connectivity index (χ2v) is 3.98. The number of alkyl halides is 1. The van der Waals surface area contributed by atoms with Gasteiger partial charge in [-0.1, -0.05) is 20.9 Å². The molecule has 1 heterocycles. The van der Waals surface area contributed by atoms with Gasteiger partial charge >= 0.3 is 5.95 Å². The molecule has 1 aromatic rings. The quantitative estimate of drug-likeness (QED) is 0.323. The summed E-state index contributed by atoms with van der Waals surface area (Å²) in [4.78, 5) is 13.6. The van der Waals surface area contributed by atoms with Crippen molar-refractivity contribution in [1.29, 1.82) is 0 Å². The van der Waals surface area contributed by atoms with Crippen LogP contribution >= 0.6 is 15.9 Å². The molecular formula is C8H13BrN4O3. The lowest BCUT2D eigenvalue weighted by atomic mass is 10.3. The minimum absolute atomic E-state index is 0.158. The average molecular weight is 293 g/mol. The number of halogens is 1. The van der Waals surface area contributed by atoms with E-state index in [-0.39, 0.29) is 12.5 Å². The van der Waals surface area contributed by atoms with E-state index in [0.29, 0.717) is 6.54 Å². The van der Waals surface area contributed by atoms with Crippen LogP contribution in [0.4, 0.5) is 5.95 Å². The first-order valence-electron chi connectivity index (χ1n) is 4.75. The normalized spacial score (nSPS) is 12.6. The molecule has 0 unspecified atom stereocenters. The third kappa shape index (κ3) is 3.87. The third-order valence-corrected chi connectivity index (χ3v) is 2.31. The predicted octanol–water partition coefficient (Wildman–Crippen LogP) is 0.137. The molecule has 90 valence electrons. The standard InChI is InChI=1S/C8H13BrN4O3/c9-1-2-10-5-7(14)6-12-4-3-11-8(12)13(15)16/h3-4,7,10,14H,1-2,5-6H2/t7-/m0/s1. The van der Waals surface area contributed by atoms with Crippen LogP contribution in [0.5, 0.6) is 0 Å². The zero-order valence-electron chi connectivity index (χ0n) is 8.54. The number of rotatable bonds is 7. The van der Waals surface area contributed by atoms with E-state index in [9.17, 15) is 15.2 Å². The predicted molar refractivity (Wildman–Crippen MR) is 61.6 cm³/mol. The van der Waals surface area contributed by atoms with E-state index in [2.05, 4.69) is 26.2 Å². The van der Waals surface area contributed by atoms with Crippen LogP contribution in [0.3, 0.4) is 0 Å². The van der Waals surface area contributed by atoms with Gasteiger partial charge in [0.15, 0.2) is 0 Å². The van der Waals surface area contributed by atoms with Crippen molar-refractivity contribution < 1.29 is 10.0 Å². The summed E-state index contributed by atoms with van der Waals surface area (Å²) in [7, 11) is 0. The van der Waals surface area contributed by atoms with Gasteiger partial charge in [0.05, 0.1) is 12.6 Å². The van der Waals surface area contributed by atoms with Gasteiger partial charge < -0.3 is 20.5 Å². The van der Waals surface area contributed by atoms with Gasteiger partial charge in [-0.05, 0) is 4.92 Å². The van der Waals surface area contributed by atoms with E-state index in [1.54, 1.807) is 0 Å². The monoisotopic (exact) mass is 292 g/mol. The van der Waals surface area contributed by atoms with Gasteiger partial charge in [-0.2, -0.15) is 0 Å². The van der Waals surface area contributed by atoms with E-state index in [4.69, 9.17) is 0 Å². The Kier molecular flexibility index (Phi) is 5.36. The zero-order chi connectivity index (χ0) is 12.0. The van der Waals surface area contributed by atoms with E-state index in [1.165, 1.54) is 17.0 Å². The Morgan fingerprint density at radius 3 is 3.12 bits per heavy atom. The summed E-state index contributed by atoms with van der Waals surface area (Å²) < 4.78 is 1.32. The van der Waals surface area contributed by atoms with Crippen molar-refractivity contribution in [3.63, 3.8) is 0 Å². The number of nitrogens with zero attached hydrogens (tertiary/aromatic N) is 3. The smallest absolute Gasteiger partial charge is 0.390 e. The van der Waals surface area contributed by atoms with Crippen LogP contribution in [0.1, 0.15) is 0 Å². The fourth-order valence-electron chi connectivity index (χ4n) is 1.24. The Morgan fingerprint density at radius 2 is 2.50 bits per heavy atom. The fourth-order valence-corrected chi connectivity index (χ4v) is 1.52. The molecule has 0 aliphatic carbocycles. The summed E-state index contributed by atoms with van der Waals surface area (Å²) in [6, 6.07) is 0. The number of aliphatic hydroxyl groups excluding tert-OH is 1. The van der Waals surface area contributed by atoms with E-state index in [1.807, 2.05) is 0 Å². The molecule has 0 saturated carbocycles. The molecule has 8 heteroatoms. The molecule has 0 radical (unpaired) electrons. The van der Waals surface area contributed by atoms with Gasteiger partial charge in [-0.3, -0.25) is 0 Å². The highest BCUT2D eigenvalue weighted by Gasteiger charge is 2.16. The van der Waals surface area contributed by atoms with E-state index < -0.39 is 11.0 Å². The fraction of sp³-hybridized carbons (Fsp3) is 0.625. The summed E-state index contributed by atoms with van der Waals surface area (Å²) in [6.45, 7) is 1.29. The Balaban J connectivity index is 2.46. The Morgan fingerprint density at radius 1 is 1.75 bits per heavy atom. The molecule has 0 saturated heterocycles. The van der Waals surface area contributed by atoms with Crippen LogP contribution in [-0.4, -0.2) is 44.1 Å². The number of nitro groups is 1. The van der Waals surface area contributed by atoms with Gasteiger partial charge in [0.1, 0.15) is 12.4 Å². The van der Waals surface area contributed by atoms with Gasteiger partial charge in [0, 0.05) is 18.4 Å². The minimum atomic E-state index is -0.674. The molecule has 16 heavy (non-hydrogen) atoms. The van der Waals surface area contributed by atoms with Crippen LogP contribution in [0.25, 0.3) is 0 Å². The van der Waals surface area contributed by atoms with Gasteiger partial charge in [0.25, 0.3) is 0 Å². The summed E-state index contributed by atoms with van der Waals surface area (Å²) in [5.74, 6) is -0.250. The van der Waals surface area contributed by atoms with Crippen LogP contribution in [-0.2, 0) is 6.54 Å². The molecule has 0 aliphatic heterocycles. The van der Waals surface area contributed by atoms with Crippen molar-refractivity contribution in [2.24, 2.45) is 0 Å². The highest BCUT2D eigenvalue weighted by molar-refractivity contribution is 9.09. The first-order chi connectivity index (χ1) is 7.65. The van der Waals surface area contributed by atoms with Crippen LogP contribution < -0.4 is 5.32 Å². The number of nitrogens with one attached hydrogen (secondary N) is 1. The first-order valence-corrected chi connectivity index (χ1v) is 5.87. The minimum Gasteiger partial charge on any atom is -0.390 e. The number of hydrogen-bond acceptors (Lipinski definition) is 5. The maximum atomic E-state index is 10.5. The zero-order valence-corrected chi connectivity index (χ0v) is 10.1. The summed E-state index contributed by atoms with van der Waals surface area (Å²) in [5.41, 5.74) is 0. The van der Waals surface area contributed by atoms with E-state index in [0.717, 1.165) is 11.9 Å². The van der Waals surface area contributed by atoms with Crippen molar-refractivity contribution in [2.75, 3.05) is 18.4 Å². The highest BCUT2D eigenvalue weighted by atomic mass is 79.9. The molecule has 1 rings (SSSR count). The lowest BCUT2D eigenvalue weighted by molar-refractivity contribution is -0.397. The molecule has 0 spiro atoms. The number of imidazole rings is 1. The summed E-state index contributed by atoms with van der Waals surface area (Å²) in [5, 5.41) is 23.9.